The highest BCUT2D eigenvalue weighted by molar-refractivity contribution is 8.27. The number of hydrogen-bond acceptors (Lipinski definition) is 4. The van der Waals surface area contributed by atoms with Crippen molar-refractivity contribution in [3.05, 3.63) is 70.4 Å². The molecule has 0 aromatic heterocycles. The zero-order valence-electron chi connectivity index (χ0n) is 12.1. The molecule has 4 nitrogen and oxygen atoms in total. The van der Waals surface area contributed by atoms with Gasteiger partial charge >= 0.3 is 5.97 Å². The van der Waals surface area contributed by atoms with Crippen molar-refractivity contribution in [3.63, 3.8) is 0 Å². The number of nitrogens with zero attached hydrogens (tertiary/aromatic N) is 1. The monoisotopic (exact) mass is 359 g/mol. The van der Waals surface area contributed by atoms with E-state index in [0.717, 1.165) is 16.7 Å². The summed E-state index contributed by atoms with van der Waals surface area (Å²) in [6.07, 6.45) is 1.60. The molecule has 0 aliphatic carbocycles. The molecule has 7 heteroatoms. The molecule has 1 amide bonds. The minimum Gasteiger partial charge on any atom is -0.478 e. The van der Waals surface area contributed by atoms with Crippen LogP contribution in [0.4, 0.5) is 10.1 Å². The number of thioether (sulfide) groups is 1. The van der Waals surface area contributed by atoms with Crippen LogP contribution in [0.3, 0.4) is 0 Å². The van der Waals surface area contributed by atoms with E-state index in [4.69, 9.17) is 17.3 Å². The van der Waals surface area contributed by atoms with Gasteiger partial charge in [-0.1, -0.05) is 48.2 Å². The first kappa shape index (κ1) is 16.4. The highest BCUT2D eigenvalue weighted by atomic mass is 32.2. The Kier molecular flexibility index (Phi) is 4.46. The molecule has 0 saturated carbocycles. The van der Waals surface area contributed by atoms with Crippen molar-refractivity contribution < 1.29 is 19.1 Å². The van der Waals surface area contributed by atoms with Crippen LogP contribution in [0.15, 0.2) is 53.4 Å². The highest BCUT2D eigenvalue weighted by Gasteiger charge is 2.34. The number of para-hydroxylation sites is 1. The second-order valence-corrected chi connectivity index (χ2v) is 6.57. The van der Waals surface area contributed by atoms with Crippen LogP contribution in [0.25, 0.3) is 6.08 Å². The summed E-state index contributed by atoms with van der Waals surface area (Å²) in [6.45, 7) is 0. The molecule has 0 unspecified atom stereocenters. The number of benzene rings is 2. The first-order valence-corrected chi connectivity index (χ1v) is 8.05. The Morgan fingerprint density at radius 2 is 1.83 bits per heavy atom. The number of carbonyl (C=O) groups excluding carboxylic acids is 1. The van der Waals surface area contributed by atoms with Crippen LogP contribution in [0.5, 0.6) is 0 Å². The van der Waals surface area contributed by atoms with Gasteiger partial charge in [-0.3, -0.25) is 9.69 Å². The van der Waals surface area contributed by atoms with Gasteiger partial charge in [0.1, 0.15) is 5.82 Å². The third-order valence-corrected chi connectivity index (χ3v) is 4.64. The Labute approximate surface area is 146 Å². The maximum Gasteiger partial charge on any atom is 0.335 e. The lowest BCUT2D eigenvalue weighted by molar-refractivity contribution is -0.113. The van der Waals surface area contributed by atoms with Crippen LogP contribution in [0.1, 0.15) is 15.9 Å². The summed E-state index contributed by atoms with van der Waals surface area (Å²) in [6, 6.07) is 12.0. The summed E-state index contributed by atoms with van der Waals surface area (Å²) in [4.78, 5) is 24.9. The smallest absolute Gasteiger partial charge is 0.335 e. The van der Waals surface area contributed by atoms with Gasteiger partial charge in [-0.2, -0.15) is 0 Å². The minimum atomic E-state index is -1.02. The van der Waals surface area contributed by atoms with Crippen molar-refractivity contribution in [2.24, 2.45) is 0 Å². The average molecular weight is 359 g/mol. The van der Waals surface area contributed by atoms with Crippen molar-refractivity contribution in [1.82, 2.24) is 0 Å². The molecule has 3 rings (SSSR count). The Morgan fingerprint density at radius 3 is 2.46 bits per heavy atom. The summed E-state index contributed by atoms with van der Waals surface area (Å²) >= 11 is 6.27. The Morgan fingerprint density at radius 1 is 1.17 bits per heavy atom. The number of thiocarbonyl (C=S) groups is 1. The zero-order valence-corrected chi connectivity index (χ0v) is 13.7. The molecule has 2 aromatic rings. The minimum absolute atomic E-state index is 0.115. The number of carboxylic acid groups (broad SMARTS) is 1. The number of carbonyl (C=O) groups is 2. The summed E-state index contributed by atoms with van der Waals surface area (Å²) in [5, 5.41) is 8.89. The van der Waals surface area contributed by atoms with Gasteiger partial charge in [-0.05, 0) is 35.9 Å². The molecule has 0 radical (unpaired) electrons. The molecule has 1 heterocycles. The summed E-state index contributed by atoms with van der Waals surface area (Å²) < 4.78 is 14.2. The van der Waals surface area contributed by atoms with Gasteiger partial charge in [-0.15, -0.1) is 0 Å². The van der Waals surface area contributed by atoms with E-state index in [1.165, 1.54) is 30.3 Å². The number of amides is 1. The van der Waals surface area contributed by atoms with Crippen molar-refractivity contribution in [1.29, 1.82) is 0 Å². The Bertz CT molecular complexity index is 878. The van der Waals surface area contributed by atoms with Gasteiger partial charge in [-0.25, -0.2) is 9.18 Å². The molecule has 120 valence electrons. The molecule has 1 saturated heterocycles. The number of halogens is 1. The first-order chi connectivity index (χ1) is 11.5. The molecule has 1 N–H and O–H groups in total. The van der Waals surface area contributed by atoms with Crippen molar-refractivity contribution in [3.8, 4) is 0 Å². The number of rotatable bonds is 3. The fourth-order valence-corrected chi connectivity index (χ4v) is 3.47. The molecule has 1 aliphatic heterocycles. The molecule has 0 bridgehead atoms. The predicted octanol–water partition coefficient (Wildman–Crippen LogP) is 3.93. The van der Waals surface area contributed by atoms with E-state index in [-0.39, 0.29) is 15.6 Å². The van der Waals surface area contributed by atoms with Crippen LogP contribution in [-0.4, -0.2) is 21.3 Å². The molecule has 24 heavy (non-hydrogen) atoms. The van der Waals surface area contributed by atoms with Gasteiger partial charge in [0.25, 0.3) is 5.91 Å². The average Bonchev–Trinajstić information content (AvgIpc) is 2.83. The van der Waals surface area contributed by atoms with Gasteiger partial charge < -0.3 is 5.11 Å². The van der Waals surface area contributed by atoms with E-state index >= 15 is 0 Å². The third kappa shape index (κ3) is 3.08. The zero-order chi connectivity index (χ0) is 17.3. The first-order valence-electron chi connectivity index (χ1n) is 6.83. The number of aromatic carboxylic acids is 1. The predicted molar refractivity (Wildman–Crippen MR) is 95.5 cm³/mol. The molecular formula is C17H10FNO3S2. The maximum absolute atomic E-state index is 13.9. The topological polar surface area (TPSA) is 57.6 Å². The van der Waals surface area contributed by atoms with Gasteiger partial charge in [0.2, 0.25) is 0 Å². The lowest BCUT2D eigenvalue weighted by atomic mass is 10.1. The van der Waals surface area contributed by atoms with Gasteiger partial charge in [0.05, 0.1) is 16.2 Å². The largest absolute Gasteiger partial charge is 0.478 e. The quantitative estimate of drug-likeness (QED) is 0.665. The number of anilines is 1. The maximum atomic E-state index is 13.9. The second-order valence-electron chi connectivity index (χ2n) is 4.90. The Hall–Kier alpha value is -2.51. The lowest BCUT2D eigenvalue weighted by Gasteiger charge is -2.14. The standard InChI is InChI=1S/C17H10FNO3S2/c18-12-3-1-2-4-13(12)19-15(20)14(24-17(19)23)9-10-5-7-11(8-6-10)16(21)22/h1-9H,(H,21,22)/b14-9+. The molecule has 1 aliphatic rings. The number of carboxylic acids is 1. The fraction of sp³-hybridized carbons (Fsp3) is 0. The van der Waals surface area contributed by atoms with Crippen molar-refractivity contribution >= 4 is 51.9 Å². The summed E-state index contributed by atoms with van der Waals surface area (Å²) in [5.41, 5.74) is 0.935. The van der Waals surface area contributed by atoms with Gasteiger partial charge in [0, 0.05) is 0 Å². The molecule has 0 atom stereocenters. The van der Waals surface area contributed by atoms with E-state index in [0.29, 0.717) is 10.5 Å². The second kappa shape index (κ2) is 6.54. The van der Waals surface area contributed by atoms with E-state index in [1.54, 1.807) is 24.3 Å². The lowest BCUT2D eigenvalue weighted by Crippen LogP contribution is -2.28. The van der Waals surface area contributed by atoms with E-state index in [2.05, 4.69) is 0 Å². The number of hydrogen-bond donors (Lipinski definition) is 1. The van der Waals surface area contributed by atoms with E-state index in [9.17, 15) is 14.0 Å². The normalized spacial score (nSPS) is 16.0. The van der Waals surface area contributed by atoms with Crippen LogP contribution < -0.4 is 4.90 Å². The summed E-state index contributed by atoms with van der Waals surface area (Å²) in [5.74, 6) is -1.95. The van der Waals surface area contributed by atoms with Gasteiger partial charge in [0.15, 0.2) is 4.32 Å². The fourth-order valence-electron chi connectivity index (χ4n) is 2.18. The molecular weight excluding hydrogens is 349 g/mol. The SMILES string of the molecule is O=C(O)c1ccc(/C=C2/SC(=S)N(c3ccccc3F)C2=O)cc1. The van der Waals surface area contributed by atoms with E-state index < -0.39 is 17.7 Å². The van der Waals surface area contributed by atoms with Crippen LogP contribution >= 0.6 is 24.0 Å². The van der Waals surface area contributed by atoms with Crippen LogP contribution in [0, 0.1) is 5.82 Å². The molecule has 2 aromatic carbocycles. The Balaban J connectivity index is 1.91. The van der Waals surface area contributed by atoms with Crippen LogP contribution in [-0.2, 0) is 4.79 Å². The summed E-state index contributed by atoms with van der Waals surface area (Å²) in [7, 11) is 0. The van der Waals surface area contributed by atoms with Crippen molar-refractivity contribution in [2.75, 3.05) is 4.90 Å². The third-order valence-electron chi connectivity index (χ3n) is 3.34. The van der Waals surface area contributed by atoms with E-state index in [1.807, 2.05) is 0 Å². The van der Waals surface area contributed by atoms with Crippen molar-refractivity contribution in [2.45, 2.75) is 0 Å². The van der Waals surface area contributed by atoms with Crippen LogP contribution in [0.2, 0.25) is 0 Å². The molecule has 1 fully saturated rings. The highest BCUT2D eigenvalue weighted by Crippen LogP contribution is 2.36. The molecule has 0 spiro atoms.